The van der Waals surface area contributed by atoms with Gasteiger partial charge in [0.2, 0.25) is 11.7 Å². The molecular weight excluding hydrogens is 608 g/mol. The maximum Gasteiger partial charge on any atom is 0.325 e. The summed E-state index contributed by atoms with van der Waals surface area (Å²) in [5.74, 6) is -4.56. The SMILES string of the molecule is CCOC(=O)CNC(=O)C(=O)C(COCc1ccccc1)NC(=O)[C@@H](CC1CCCCC1)NC(=O)c1cc(Cl)ccc1[N+](=O)[O-]. The van der Waals surface area contributed by atoms with Crippen LogP contribution in [0.2, 0.25) is 5.02 Å². The Morgan fingerprint density at radius 2 is 1.71 bits per heavy atom. The molecule has 3 rings (SSSR count). The third kappa shape index (κ3) is 11.3. The second-order valence-electron chi connectivity index (χ2n) is 10.6. The van der Waals surface area contributed by atoms with E-state index in [2.05, 4.69) is 16.0 Å². The van der Waals surface area contributed by atoms with Gasteiger partial charge in [0.15, 0.2) is 0 Å². The molecule has 3 N–H and O–H groups in total. The molecule has 0 spiro atoms. The summed E-state index contributed by atoms with van der Waals surface area (Å²) < 4.78 is 10.4. The third-order valence-corrected chi connectivity index (χ3v) is 7.50. The lowest BCUT2D eigenvalue weighted by Crippen LogP contribution is -2.56. The summed E-state index contributed by atoms with van der Waals surface area (Å²) in [5.41, 5.74) is -0.0344. The zero-order chi connectivity index (χ0) is 32.8. The molecule has 1 saturated carbocycles. The zero-order valence-corrected chi connectivity index (χ0v) is 25.7. The fourth-order valence-electron chi connectivity index (χ4n) is 5.01. The fourth-order valence-corrected chi connectivity index (χ4v) is 5.18. The molecule has 3 amide bonds. The Labute approximate surface area is 265 Å². The molecule has 0 aromatic heterocycles. The van der Waals surface area contributed by atoms with Gasteiger partial charge >= 0.3 is 5.97 Å². The number of amides is 3. The number of carbonyl (C=O) groups is 5. The van der Waals surface area contributed by atoms with Crippen molar-refractivity contribution in [2.75, 3.05) is 19.8 Å². The maximum atomic E-state index is 13.7. The summed E-state index contributed by atoms with van der Waals surface area (Å²) in [6.07, 6.45) is 4.77. The lowest BCUT2D eigenvalue weighted by Gasteiger charge is -2.28. The normalized spacial score (nSPS) is 14.4. The number of hydrogen-bond donors (Lipinski definition) is 3. The quantitative estimate of drug-likeness (QED) is 0.107. The molecule has 0 heterocycles. The predicted octanol–water partition coefficient (Wildman–Crippen LogP) is 3.27. The Bertz CT molecular complexity index is 1370. The molecule has 45 heavy (non-hydrogen) atoms. The lowest BCUT2D eigenvalue weighted by atomic mass is 9.84. The third-order valence-electron chi connectivity index (χ3n) is 7.27. The Morgan fingerprint density at radius 3 is 2.38 bits per heavy atom. The van der Waals surface area contributed by atoms with E-state index in [-0.39, 0.29) is 36.1 Å². The van der Waals surface area contributed by atoms with Crippen LogP contribution in [0.1, 0.15) is 61.4 Å². The standard InChI is InChI=1S/C31H37ClN4O9/c1-2-45-27(37)17-33-31(41)28(38)25(19-44-18-21-11-7-4-8-12-21)35-30(40)24(15-20-9-5-3-6-10-20)34-29(39)23-16-22(32)13-14-26(23)36(42)43/h4,7-8,11-14,16,20,24-25H,2-3,5-6,9-10,15,17-19H2,1H3,(H,33,41)(H,34,39)(H,35,40)/t24-,25?/m1/s1. The second kappa shape index (κ2) is 17.8. The van der Waals surface area contributed by atoms with Crippen molar-refractivity contribution in [3.63, 3.8) is 0 Å². The van der Waals surface area contributed by atoms with Crippen LogP contribution < -0.4 is 16.0 Å². The number of ketones is 1. The molecule has 0 radical (unpaired) electrons. The minimum atomic E-state index is -1.48. The van der Waals surface area contributed by atoms with Crippen LogP contribution in [0, 0.1) is 16.0 Å². The van der Waals surface area contributed by atoms with Gasteiger partial charge in [-0.15, -0.1) is 0 Å². The van der Waals surface area contributed by atoms with E-state index in [1.54, 1.807) is 31.2 Å². The molecule has 1 unspecified atom stereocenters. The zero-order valence-electron chi connectivity index (χ0n) is 24.9. The van der Waals surface area contributed by atoms with E-state index in [4.69, 9.17) is 21.1 Å². The highest BCUT2D eigenvalue weighted by Crippen LogP contribution is 2.28. The van der Waals surface area contributed by atoms with E-state index >= 15 is 0 Å². The number of nitrogens with zero attached hydrogens (tertiary/aromatic N) is 1. The summed E-state index contributed by atoms with van der Waals surface area (Å²) >= 11 is 6.01. The van der Waals surface area contributed by atoms with Gasteiger partial charge in [-0.05, 0) is 37.0 Å². The highest BCUT2D eigenvalue weighted by molar-refractivity contribution is 6.38. The first-order valence-corrected chi connectivity index (χ1v) is 15.1. The van der Waals surface area contributed by atoms with Gasteiger partial charge in [-0.25, -0.2) is 0 Å². The van der Waals surface area contributed by atoms with Gasteiger partial charge < -0.3 is 25.4 Å². The first kappa shape index (κ1) is 35.1. The van der Waals surface area contributed by atoms with Crippen LogP contribution in [0.3, 0.4) is 0 Å². The van der Waals surface area contributed by atoms with Crippen molar-refractivity contribution in [1.29, 1.82) is 0 Å². The molecule has 14 heteroatoms. The van der Waals surface area contributed by atoms with Crippen LogP contribution in [-0.4, -0.2) is 66.2 Å². The number of nitro benzene ring substituents is 1. The summed E-state index contributed by atoms with van der Waals surface area (Å²) in [7, 11) is 0. The first-order chi connectivity index (χ1) is 21.6. The van der Waals surface area contributed by atoms with Gasteiger partial charge in [0.05, 0.1) is 24.7 Å². The van der Waals surface area contributed by atoms with Crippen molar-refractivity contribution in [3.8, 4) is 0 Å². The largest absolute Gasteiger partial charge is 0.465 e. The Kier molecular flexibility index (Phi) is 13.9. The number of halogens is 1. The van der Waals surface area contributed by atoms with E-state index < -0.39 is 65.3 Å². The van der Waals surface area contributed by atoms with E-state index in [1.165, 1.54) is 6.07 Å². The van der Waals surface area contributed by atoms with Crippen molar-refractivity contribution in [1.82, 2.24) is 16.0 Å². The number of rotatable bonds is 16. The number of ether oxygens (including phenoxy) is 2. The molecule has 2 aromatic carbocycles. The van der Waals surface area contributed by atoms with Crippen LogP contribution in [0.25, 0.3) is 0 Å². The van der Waals surface area contributed by atoms with Gasteiger partial charge in [0, 0.05) is 11.1 Å². The summed E-state index contributed by atoms with van der Waals surface area (Å²) in [6, 6.07) is 9.86. The molecule has 2 aromatic rings. The molecule has 1 aliphatic carbocycles. The first-order valence-electron chi connectivity index (χ1n) is 14.7. The number of hydrogen-bond acceptors (Lipinski definition) is 9. The minimum absolute atomic E-state index is 0.0699. The average Bonchev–Trinajstić information content (AvgIpc) is 3.03. The van der Waals surface area contributed by atoms with E-state index in [9.17, 15) is 34.1 Å². The molecule has 1 aliphatic rings. The maximum absolute atomic E-state index is 13.7. The van der Waals surface area contributed by atoms with E-state index in [0.717, 1.165) is 49.8 Å². The van der Waals surface area contributed by atoms with Crippen LogP contribution in [0.5, 0.6) is 0 Å². The van der Waals surface area contributed by atoms with Crippen molar-refractivity contribution >= 4 is 46.8 Å². The summed E-state index contributed by atoms with van der Waals surface area (Å²) in [5, 5.41) is 19.0. The van der Waals surface area contributed by atoms with E-state index in [0.29, 0.717) is 0 Å². The molecule has 0 saturated heterocycles. The van der Waals surface area contributed by atoms with Crippen LogP contribution in [0.4, 0.5) is 5.69 Å². The Balaban J connectivity index is 1.81. The second-order valence-corrected chi connectivity index (χ2v) is 11.0. The average molecular weight is 645 g/mol. The van der Waals surface area contributed by atoms with Crippen molar-refractivity contribution in [2.45, 2.75) is 64.1 Å². The van der Waals surface area contributed by atoms with Gasteiger partial charge in [-0.1, -0.05) is 74.0 Å². The highest BCUT2D eigenvalue weighted by Gasteiger charge is 2.33. The molecule has 13 nitrogen and oxygen atoms in total. The molecule has 0 bridgehead atoms. The summed E-state index contributed by atoms with van der Waals surface area (Å²) in [4.78, 5) is 75.4. The number of benzene rings is 2. The summed E-state index contributed by atoms with van der Waals surface area (Å²) in [6.45, 7) is 0.805. The monoisotopic (exact) mass is 644 g/mol. The van der Waals surface area contributed by atoms with Gasteiger partial charge in [0.25, 0.3) is 17.5 Å². The molecular formula is C31H37ClN4O9. The van der Waals surface area contributed by atoms with Gasteiger partial charge in [-0.3, -0.25) is 34.1 Å². The molecule has 1 fully saturated rings. The van der Waals surface area contributed by atoms with Crippen LogP contribution >= 0.6 is 11.6 Å². The van der Waals surface area contributed by atoms with E-state index in [1.807, 2.05) is 6.07 Å². The van der Waals surface area contributed by atoms with Gasteiger partial charge in [-0.2, -0.15) is 0 Å². The molecule has 0 aliphatic heterocycles. The van der Waals surface area contributed by atoms with Crippen molar-refractivity contribution < 1.29 is 38.4 Å². The smallest absolute Gasteiger partial charge is 0.325 e. The van der Waals surface area contributed by atoms with Crippen molar-refractivity contribution in [2.24, 2.45) is 5.92 Å². The fraction of sp³-hybridized carbons (Fsp3) is 0.452. The van der Waals surface area contributed by atoms with Gasteiger partial charge in [0.1, 0.15) is 24.2 Å². The lowest BCUT2D eigenvalue weighted by molar-refractivity contribution is -0.385. The number of carbonyl (C=O) groups excluding carboxylic acids is 5. The minimum Gasteiger partial charge on any atom is -0.465 e. The molecule has 2 atom stereocenters. The topological polar surface area (TPSA) is 183 Å². The molecule has 242 valence electrons. The number of nitro groups is 1. The van der Waals surface area contributed by atoms with Crippen LogP contribution in [-0.2, 0) is 35.3 Å². The highest BCUT2D eigenvalue weighted by atomic mass is 35.5. The Morgan fingerprint density at radius 1 is 1.00 bits per heavy atom. The number of Topliss-reactive ketones (excluding diaryl/α,β-unsaturated/α-hetero) is 1. The predicted molar refractivity (Wildman–Crippen MR) is 163 cm³/mol. The van der Waals surface area contributed by atoms with Crippen LogP contribution in [0.15, 0.2) is 48.5 Å². The number of nitrogens with one attached hydrogen (secondary N) is 3. The Hall–Kier alpha value is -4.36. The number of esters is 1. The van der Waals surface area contributed by atoms with Crippen molar-refractivity contribution in [3.05, 3.63) is 74.8 Å².